The number of hydrogen-bond acceptors (Lipinski definition) is 3. The molecule has 0 bridgehead atoms. The summed E-state index contributed by atoms with van der Waals surface area (Å²) in [6, 6.07) is 5.21. The van der Waals surface area contributed by atoms with Crippen LogP contribution in [0.3, 0.4) is 0 Å². The number of hydrogen-bond donors (Lipinski definition) is 1. The summed E-state index contributed by atoms with van der Waals surface area (Å²) in [5.74, 6) is 0.604. The molecule has 0 heterocycles. The molecule has 1 atom stereocenters. The number of halogens is 1. The highest BCUT2D eigenvalue weighted by molar-refractivity contribution is 6.32. The van der Waals surface area contributed by atoms with Gasteiger partial charge in [-0.3, -0.25) is 0 Å². The zero-order valence-corrected chi connectivity index (χ0v) is 10.3. The molecule has 0 amide bonds. The molecule has 1 N–H and O–H groups in total. The van der Waals surface area contributed by atoms with Gasteiger partial charge in [-0.05, 0) is 24.1 Å². The second-order valence-corrected chi connectivity index (χ2v) is 3.89. The Morgan fingerprint density at radius 3 is 2.75 bits per heavy atom. The largest absolute Gasteiger partial charge is 0.495 e. The van der Waals surface area contributed by atoms with Crippen molar-refractivity contribution in [1.82, 2.24) is 0 Å². The van der Waals surface area contributed by atoms with Crippen LogP contribution in [0.25, 0.3) is 0 Å². The first-order valence-corrected chi connectivity index (χ1v) is 5.66. The van der Waals surface area contributed by atoms with Crippen molar-refractivity contribution in [2.75, 3.05) is 20.3 Å². The monoisotopic (exact) mass is 244 g/mol. The fraction of sp³-hybridized carbons (Fsp3) is 0.500. The first kappa shape index (κ1) is 13.3. The molecule has 3 nitrogen and oxygen atoms in total. The normalized spacial score (nSPS) is 12.5. The van der Waals surface area contributed by atoms with Crippen LogP contribution in [-0.2, 0) is 4.74 Å². The highest BCUT2D eigenvalue weighted by Crippen LogP contribution is 2.27. The molecule has 0 fully saturated rings. The van der Waals surface area contributed by atoms with E-state index in [-0.39, 0.29) is 6.61 Å². The van der Waals surface area contributed by atoms with Gasteiger partial charge in [0.15, 0.2) is 0 Å². The van der Waals surface area contributed by atoms with E-state index in [1.807, 2.05) is 6.92 Å². The van der Waals surface area contributed by atoms with E-state index in [0.29, 0.717) is 17.4 Å². The Morgan fingerprint density at radius 1 is 1.44 bits per heavy atom. The summed E-state index contributed by atoms with van der Waals surface area (Å²) >= 11 is 5.96. The van der Waals surface area contributed by atoms with Gasteiger partial charge >= 0.3 is 0 Å². The van der Waals surface area contributed by atoms with E-state index >= 15 is 0 Å². The lowest BCUT2D eigenvalue weighted by molar-refractivity contribution is 0.0363. The average Bonchev–Trinajstić information content (AvgIpc) is 2.29. The first-order valence-electron chi connectivity index (χ1n) is 5.28. The van der Waals surface area contributed by atoms with Crippen molar-refractivity contribution in [3.05, 3.63) is 28.8 Å². The van der Waals surface area contributed by atoms with Crippen molar-refractivity contribution >= 4 is 11.6 Å². The van der Waals surface area contributed by atoms with E-state index in [0.717, 1.165) is 12.0 Å². The summed E-state index contributed by atoms with van der Waals surface area (Å²) in [5.41, 5.74) is 0.738. The summed E-state index contributed by atoms with van der Waals surface area (Å²) in [7, 11) is 1.56. The third kappa shape index (κ3) is 3.67. The Kier molecular flexibility index (Phi) is 5.60. The minimum atomic E-state index is -0.644. The highest BCUT2D eigenvalue weighted by atomic mass is 35.5. The molecule has 4 heteroatoms. The predicted molar refractivity (Wildman–Crippen MR) is 64.1 cm³/mol. The van der Waals surface area contributed by atoms with E-state index in [2.05, 4.69) is 0 Å². The molecule has 1 aromatic carbocycles. The zero-order chi connectivity index (χ0) is 12.0. The van der Waals surface area contributed by atoms with Gasteiger partial charge in [0.1, 0.15) is 11.9 Å². The number of methoxy groups -OCH3 is 1. The molecule has 1 aromatic rings. The average molecular weight is 245 g/mol. The molecular weight excluding hydrogens is 228 g/mol. The lowest BCUT2D eigenvalue weighted by Gasteiger charge is -2.12. The second kappa shape index (κ2) is 6.74. The molecule has 0 spiro atoms. The SMILES string of the molecule is CCCOCC(O)c1ccc(OC)c(Cl)c1. The van der Waals surface area contributed by atoms with Crippen LogP contribution in [0.2, 0.25) is 5.02 Å². The third-order valence-corrected chi connectivity index (χ3v) is 2.48. The number of rotatable bonds is 6. The maximum absolute atomic E-state index is 9.81. The van der Waals surface area contributed by atoms with E-state index in [9.17, 15) is 5.11 Å². The van der Waals surface area contributed by atoms with Gasteiger partial charge in [-0.2, -0.15) is 0 Å². The zero-order valence-electron chi connectivity index (χ0n) is 9.57. The Morgan fingerprint density at radius 2 is 2.19 bits per heavy atom. The van der Waals surface area contributed by atoms with Gasteiger partial charge in [-0.1, -0.05) is 24.6 Å². The number of aliphatic hydroxyl groups is 1. The fourth-order valence-corrected chi connectivity index (χ4v) is 1.59. The van der Waals surface area contributed by atoms with Crippen molar-refractivity contribution in [3.8, 4) is 5.75 Å². The van der Waals surface area contributed by atoms with Crippen LogP contribution in [0, 0.1) is 0 Å². The maximum Gasteiger partial charge on any atom is 0.137 e. The minimum Gasteiger partial charge on any atom is -0.495 e. The van der Waals surface area contributed by atoms with Crippen molar-refractivity contribution in [2.24, 2.45) is 0 Å². The van der Waals surface area contributed by atoms with Gasteiger partial charge in [0.2, 0.25) is 0 Å². The van der Waals surface area contributed by atoms with E-state index in [4.69, 9.17) is 21.1 Å². The van der Waals surface area contributed by atoms with Gasteiger partial charge < -0.3 is 14.6 Å². The van der Waals surface area contributed by atoms with Crippen LogP contribution in [0.4, 0.5) is 0 Å². The minimum absolute atomic E-state index is 0.288. The maximum atomic E-state index is 9.81. The van der Waals surface area contributed by atoms with Gasteiger partial charge in [0, 0.05) is 6.61 Å². The quantitative estimate of drug-likeness (QED) is 0.782. The molecule has 1 rings (SSSR count). The molecule has 0 aliphatic rings. The molecular formula is C12H17ClO3. The van der Waals surface area contributed by atoms with Crippen LogP contribution in [-0.4, -0.2) is 25.4 Å². The van der Waals surface area contributed by atoms with E-state index in [1.165, 1.54) is 0 Å². The second-order valence-electron chi connectivity index (χ2n) is 3.48. The molecule has 0 aromatic heterocycles. The number of benzene rings is 1. The number of ether oxygens (including phenoxy) is 2. The van der Waals surface area contributed by atoms with Gasteiger partial charge in [-0.15, -0.1) is 0 Å². The molecule has 0 aliphatic heterocycles. The Balaban J connectivity index is 2.62. The Labute approximate surface area is 101 Å². The molecule has 90 valence electrons. The van der Waals surface area contributed by atoms with Crippen molar-refractivity contribution < 1.29 is 14.6 Å². The summed E-state index contributed by atoms with van der Waals surface area (Å²) in [6.45, 7) is 2.97. The highest BCUT2D eigenvalue weighted by Gasteiger charge is 2.10. The molecule has 0 radical (unpaired) electrons. The molecule has 1 unspecified atom stereocenters. The number of aliphatic hydroxyl groups excluding tert-OH is 1. The van der Waals surface area contributed by atoms with Crippen LogP contribution in [0.5, 0.6) is 5.75 Å². The van der Waals surface area contributed by atoms with Gasteiger partial charge in [0.25, 0.3) is 0 Å². The van der Waals surface area contributed by atoms with E-state index in [1.54, 1.807) is 25.3 Å². The third-order valence-electron chi connectivity index (χ3n) is 2.18. The fourth-order valence-electron chi connectivity index (χ4n) is 1.33. The van der Waals surface area contributed by atoms with Crippen molar-refractivity contribution in [2.45, 2.75) is 19.4 Å². The molecule has 0 aliphatic carbocycles. The van der Waals surface area contributed by atoms with Crippen molar-refractivity contribution in [1.29, 1.82) is 0 Å². The van der Waals surface area contributed by atoms with Crippen LogP contribution >= 0.6 is 11.6 Å². The Hall–Kier alpha value is -0.770. The first-order chi connectivity index (χ1) is 7.69. The standard InChI is InChI=1S/C12H17ClO3/c1-3-6-16-8-11(14)9-4-5-12(15-2)10(13)7-9/h4-5,7,11,14H,3,6,8H2,1-2H3. The van der Waals surface area contributed by atoms with Crippen LogP contribution in [0.15, 0.2) is 18.2 Å². The summed E-state index contributed by atoms with van der Waals surface area (Å²) in [6.07, 6.45) is 0.297. The van der Waals surface area contributed by atoms with Crippen LogP contribution < -0.4 is 4.74 Å². The van der Waals surface area contributed by atoms with Gasteiger partial charge in [0.05, 0.1) is 18.7 Å². The lowest BCUT2D eigenvalue weighted by Crippen LogP contribution is -2.07. The topological polar surface area (TPSA) is 38.7 Å². The van der Waals surface area contributed by atoms with Crippen molar-refractivity contribution in [3.63, 3.8) is 0 Å². The molecule has 0 saturated heterocycles. The summed E-state index contributed by atoms with van der Waals surface area (Å²) in [5, 5.41) is 10.3. The lowest BCUT2D eigenvalue weighted by atomic mass is 10.1. The van der Waals surface area contributed by atoms with Gasteiger partial charge in [-0.25, -0.2) is 0 Å². The summed E-state index contributed by atoms with van der Waals surface area (Å²) in [4.78, 5) is 0. The Bertz CT molecular complexity index is 328. The summed E-state index contributed by atoms with van der Waals surface area (Å²) < 4.78 is 10.3. The predicted octanol–water partition coefficient (Wildman–Crippen LogP) is 2.81. The van der Waals surface area contributed by atoms with E-state index < -0.39 is 6.10 Å². The molecule has 16 heavy (non-hydrogen) atoms. The van der Waals surface area contributed by atoms with Crippen LogP contribution in [0.1, 0.15) is 25.0 Å². The molecule has 0 saturated carbocycles. The smallest absolute Gasteiger partial charge is 0.137 e.